The molecule has 6 heteroatoms. The van der Waals surface area contributed by atoms with E-state index in [1.54, 1.807) is 0 Å². The van der Waals surface area contributed by atoms with Crippen LogP contribution >= 0.6 is 24.8 Å². The lowest BCUT2D eigenvalue weighted by atomic mass is 10.0. The van der Waals surface area contributed by atoms with Gasteiger partial charge in [0.25, 0.3) is 0 Å². The Morgan fingerprint density at radius 1 is 1.14 bits per heavy atom. The van der Waals surface area contributed by atoms with Crippen LogP contribution in [0.25, 0.3) is 0 Å². The molecule has 0 aromatic rings. The quantitative estimate of drug-likeness (QED) is 0.625. The number of amides is 1. The van der Waals surface area contributed by atoms with Gasteiger partial charge in [0.2, 0.25) is 5.91 Å². The van der Waals surface area contributed by atoms with Crippen LogP contribution in [0.3, 0.4) is 0 Å². The number of piperidine rings is 1. The fraction of sp³-hybridized carbons (Fsp3) is 0.938. The normalized spacial score (nSPS) is 16.0. The number of nitrogens with zero attached hydrogens (tertiary/aromatic N) is 1. The van der Waals surface area contributed by atoms with Crippen molar-refractivity contribution in [2.75, 3.05) is 26.2 Å². The zero-order chi connectivity index (χ0) is 14.8. The molecule has 1 aliphatic heterocycles. The second-order valence-corrected chi connectivity index (χ2v) is 6.49. The van der Waals surface area contributed by atoms with E-state index in [1.807, 2.05) is 0 Å². The number of carbonyl (C=O) groups excluding carboxylic acids is 1. The molecule has 0 aliphatic carbocycles. The molecule has 0 radical (unpaired) electrons. The van der Waals surface area contributed by atoms with Gasteiger partial charge in [0.05, 0.1) is 0 Å². The maximum absolute atomic E-state index is 11.9. The summed E-state index contributed by atoms with van der Waals surface area (Å²) in [4.78, 5) is 14.4. The third kappa shape index (κ3) is 11.5. The molecule has 0 aromatic heterocycles. The molecule has 1 rings (SSSR count). The lowest BCUT2D eigenvalue weighted by Crippen LogP contribution is -2.45. The van der Waals surface area contributed by atoms with Crippen LogP contribution in [-0.2, 0) is 4.79 Å². The summed E-state index contributed by atoms with van der Waals surface area (Å²) in [6.45, 7) is 8.72. The molecule has 134 valence electrons. The molecule has 1 heterocycles. The van der Waals surface area contributed by atoms with Crippen molar-refractivity contribution in [1.29, 1.82) is 0 Å². The van der Waals surface area contributed by atoms with E-state index in [0.717, 1.165) is 64.1 Å². The molecule has 1 aliphatic rings. The van der Waals surface area contributed by atoms with E-state index >= 15 is 0 Å². The van der Waals surface area contributed by atoms with Gasteiger partial charge in [-0.1, -0.05) is 26.7 Å². The van der Waals surface area contributed by atoms with E-state index in [2.05, 4.69) is 24.1 Å². The molecule has 0 bridgehead atoms. The first-order chi connectivity index (χ1) is 9.61. The van der Waals surface area contributed by atoms with Crippen LogP contribution < -0.4 is 11.1 Å². The third-order valence-corrected chi connectivity index (χ3v) is 3.93. The van der Waals surface area contributed by atoms with Crippen molar-refractivity contribution in [1.82, 2.24) is 10.2 Å². The van der Waals surface area contributed by atoms with Gasteiger partial charge >= 0.3 is 0 Å². The van der Waals surface area contributed by atoms with Gasteiger partial charge in [-0.05, 0) is 38.1 Å². The van der Waals surface area contributed by atoms with Crippen molar-refractivity contribution in [2.45, 2.75) is 64.8 Å². The largest absolute Gasteiger partial charge is 0.353 e. The van der Waals surface area contributed by atoms with Crippen LogP contribution in [0, 0.1) is 5.92 Å². The predicted molar refractivity (Wildman–Crippen MR) is 99.1 cm³/mol. The molecule has 0 saturated carbocycles. The highest BCUT2D eigenvalue weighted by Gasteiger charge is 2.20. The highest BCUT2D eigenvalue weighted by molar-refractivity contribution is 5.85. The molecule has 4 nitrogen and oxygen atoms in total. The Labute approximate surface area is 148 Å². The monoisotopic (exact) mass is 355 g/mol. The highest BCUT2D eigenvalue weighted by Crippen LogP contribution is 2.12. The third-order valence-electron chi connectivity index (χ3n) is 3.93. The molecular formula is C16H35Cl2N3O. The summed E-state index contributed by atoms with van der Waals surface area (Å²) in [6.07, 6.45) is 7.23. The minimum atomic E-state index is 0. The first kappa shape index (κ1) is 24.2. The Morgan fingerprint density at radius 2 is 1.73 bits per heavy atom. The molecule has 1 fully saturated rings. The molecule has 22 heavy (non-hydrogen) atoms. The Bertz CT molecular complexity index is 270. The average molecular weight is 356 g/mol. The second kappa shape index (κ2) is 14.6. The van der Waals surface area contributed by atoms with Crippen molar-refractivity contribution < 1.29 is 4.79 Å². The van der Waals surface area contributed by atoms with Crippen LogP contribution in [0.5, 0.6) is 0 Å². The van der Waals surface area contributed by atoms with Gasteiger partial charge in [-0.15, -0.1) is 24.8 Å². The fourth-order valence-electron chi connectivity index (χ4n) is 2.86. The van der Waals surface area contributed by atoms with Gasteiger partial charge in [0, 0.05) is 32.1 Å². The molecular weight excluding hydrogens is 321 g/mol. The lowest BCUT2D eigenvalue weighted by Gasteiger charge is -2.33. The Kier molecular flexibility index (Phi) is 16.0. The summed E-state index contributed by atoms with van der Waals surface area (Å²) in [5.74, 6) is 0.967. The minimum absolute atomic E-state index is 0. The van der Waals surface area contributed by atoms with Gasteiger partial charge in [-0.3, -0.25) is 4.79 Å². The van der Waals surface area contributed by atoms with E-state index in [1.165, 1.54) is 6.54 Å². The van der Waals surface area contributed by atoms with Crippen LogP contribution in [0.4, 0.5) is 0 Å². The van der Waals surface area contributed by atoms with Crippen LogP contribution in [0.15, 0.2) is 0 Å². The molecule has 3 N–H and O–H groups in total. The highest BCUT2D eigenvalue weighted by atomic mass is 35.5. The number of unbranched alkanes of at least 4 members (excludes halogenated alkanes) is 3. The summed E-state index contributed by atoms with van der Waals surface area (Å²) in [6, 6.07) is 0.398. The van der Waals surface area contributed by atoms with Crippen molar-refractivity contribution in [2.24, 2.45) is 11.7 Å². The summed E-state index contributed by atoms with van der Waals surface area (Å²) in [7, 11) is 0. The number of carbonyl (C=O) groups is 1. The Balaban J connectivity index is 0. The zero-order valence-corrected chi connectivity index (χ0v) is 15.8. The van der Waals surface area contributed by atoms with Gasteiger partial charge in [0.15, 0.2) is 0 Å². The van der Waals surface area contributed by atoms with Gasteiger partial charge in [-0.2, -0.15) is 0 Å². The second-order valence-electron chi connectivity index (χ2n) is 6.49. The van der Waals surface area contributed by atoms with Crippen LogP contribution in [0.1, 0.15) is 58.8 Å². The number of nitrogens with one attached hydrogen (secondary N) is 1. The Morgan fingerprint density at radius 3 is 2.27 bits per heavy atom. The van der Waals surface area contributed by atoms with Crippen molar-refractivity contribution in [3.8, 4) is 0 Å². The van der Waals surface area contributed by atoms with Crippen molar-refractivity contribution in [3.05, 3.63) is 0 Å². The predicted octanol–water partition coefficient (Wildman–Crippen LogP) is 2.98. The van der Waals surface area contributed by atoms with E-state index < -0.39 is 0 Å². The number of hydrogen-bond acceptors (Lipinski definition) is 3. The average Bonchev–Trinajstić information content (AvgIpc) is 2.40. The maximum atomic E-state index is 11.9. The number of nitrogens with two attached hydrogens (primary N) is 1. The van der Waals surface area contributed by atoms with Gasteiger partial charge in [0.1, 0.15) is 0 Å². The number of halogens is 2. The van der Waals surface area contributed by atoms with Crippen LogP contribution in [-0.4, -0.2) is 43.0 Å². The van der Waals surface area contributed by atoms with Crippen molar-refractivity contribution >= 4 is 30.7 Å². The number of hydrogen-bond donors (Lipinski definition) is 2. The molecule has 0 aromatic carbocycles. The Hall–Kier alpha value is -0.0300. The SMILES string of the molecule is CC(C)CN1CCC(NC(=O)CCCCCCN)CC1.Cl.Cl. The smallest absolute Gasteiger partial charge is 0.220 e. The molecule has 0 spiro atoms. The van der Waals surface area contributed by atoms with Crippen LogP contribution in [0.2, 0.25) is 0 Å². The first-order valence-corrected chi connectivity index (χ1v) is 8.33. The van der Waals surface area contributed by atoms with Gasteiger partial charge < -0.3 is 16.0 Å². The fourth-order valence-corrected chi connectivity index (χ4v) is 2.86. The number of rotatable bonds is 9. The molecule has 0 unspecified atom stereocenters. The molecule has 1 amide bonds. The first-order valence-electron chi connectivity index (χ1n) is 8.33. The summed E-state index contributed by atoms with van der Waals surface area (Å²) in [5, 5.41) is 3.19. The topological polar surface area (TPSA) is 58.4 Å². The summed E-state index contributed by atoms with van der Waals surface area (Å²) in [5.41, 5.74) is 5.45. The minimum Gasteiger partial charge on any atom is -0.353 e. The molecule has 1 saturated heterocycles. The maximum Gasteiger partial charge on any atom is 0.220 e. The van der Waals surface area contributed by atoms with E-state index in [0.29, 0.717) is 12.5 Å². The lowest BCUT2D eigenvalue weighted by molar-refractivity contribution is -0.122. The van der Waals surface area contributed by atoms with E-state index in [-0.39, 0.29) is 30.7 Å². The standard InChI is InChI=1S/C16H33N3O.2ClH/c1-14(2)13-19-11-8-15(9-12-19)18-16(20)7-5-3-4-6-10-17;;/h14-15H,3-13,17H2,1-2H3,(H,18,20);2*1H. The summed E-state index contributed by atoms with van der Waals surface area (Å²) >= 11 is 0. The van der Waals surface area contributed by atoms with Gasteiger partial charge in [-0.25, -0.2) is 0 Å². The summed E-state index contributed by atoms with van der Waals surface area (Å²) < 4.78 is 0. The zero-order valence-electron chi connectivity index (χ0n) is 14.2. The van der Waals surface area contributed by atoms with E-state index in [4.69, 9.17) is 5.73 Å². The van der Waals surface area contributed by atoms with E-state index in [9.17, 15) is 4.79 Å². The number of likely N-dealkylation sites (tertiary alicyclic amines) is 1. The van der Waals surface area contributed by atoms with Crippen molar-refractivity contribution in [3.63, 3.8) is 0 Å². The molecule has 0 atom stereocenters.